The quantitative estimate of drug-likeness (QED) is 0.377. The van der Waals surface area contributed by atoms with Crippen molar-refractivity contribution in [1.29, 1.82) is 0 Å². The molecule has 2 aromatic rings. The lowest BCUT2D eigenvalue weighted by Crippen LogP contribution is -2.32. The lowest BCUT2D eigenvalue weighted by molar-refractivity contribution is -0.139. The Morgan fingerprint density at radius 2 is 2.00 bits per heavy atom. The zero-order valence-electron chi connectivity index (χ0n) is 18.7. The van der Waals surface area contributed by atoms with Crippen molar-refractivity contribution in [3.05, 3.63) is 57.3 Å². The zero-order chi connectivity index (χ0) is 22.7. The summed E-state index contributed by atoms with van der Waals surface area (Å²) in [6.45, 7) is 7.04. The van der Waals surface area contributed by atoms with E-state index in [2.05, 4.69) is 0 Å². The fourth-order valence-corrected chi connectivity index (χ4v) is 4.59. The molecule has 3 rings (SSSR count). The Hall–Kier alpha value is -2.64. The van der Waals surface area contributed by atoms with Gasteiger partial charge < -0.3 is 19.6 Å². The van der Waals surface area contributed by atoms with Gasteiger partial charge >= 0.3 is 0 Å². The first kappa shape index (κ1) is 23.0. The van der Waals surface area contributed by atoms with E-state index < -0.39 is 17.7 Å². The fraction of sp³-hybridized carbons (Fsp3) is 0.417. The molecule has 0 radical (unpaired) electrons. The summed E-state index contributed by atoms with van der Waals surface area (Å²) in [6, 6.07) is 8.52. The highest BCUT2D eigenvalue weighted by Gasteiger charge is 2.46. The van der Waals surface area contributed by atoms with Gasteiger partial charge in [0, 0.05) is 17.0 Å². The van der Waals surface area contributed by atoms with Gasteiger partial charge in [-0.05, 0) is 83.0 Å². The first-order valence-electron chi connectivity index (χ1n) is 10.4. The maximum Gasteiger partial charge on any atom is 0.295 e. The summed E-state index contributed by atoms with van der Waals surface area (Å²) >= 11 is 1.47. The summed E-state index contributed by atoms with van der Waals surface area (Å²) in [6.07, 6.45) is 0.770. The van der Waals surface area contributed by atoms with Crippen molar-refractivity contribution in [3.8, 4) is 5.75 Å². The summed E-state index contributed by atoms with van der Waals surface area (Å²) < 4.78 is 5.77. The van der Waals surface area contributed by atoms with Gasteiger partial charge in [-0.1, -0.05) is 6.07 Å². The molecule has 1 aliphatic rings. The van der Waals surface area contributed by atoms with Crippen molar-refractivity contribution in [2.75, 3.05) is 27.2 Å². The standard InChI is InChI=1S/C24H30N2O4S/c1-15(2)30-18-10-9-17(14-16(18)3)22(27)20-21(19-8-6-13-31-19)26(24(29)23(20)28)12-7-11-25(4)5/h6,8-10,13-15,21,27H,7,11-12H2,1-5H3/b22-20-. The van der Waals surface area contributed by atoms with E-state index in [4.69, 9.17) is 4.74 Å². The molecule has 0 bridgehead atoms. The third-order valence-electron chi connectivity index (χ3n) is 5.17. The van der Waals surface area contributed by atoms with E-state index in [0.717, 1.165) is 29.2 Å². The van der Waals surface area contributed by atoms with Crippen LogP contribution in [0.4, 0.5) is 0 Å². The Morgan fingerprint density at radius 3 is 2.58 bits per heavy atom. The van der Waals surface area contributed by atoms with Gasteiger partial charge in [0.05, 0.1) is 17.7 Å². The number of aliphatic hydroxyl groups excluding tert-OH is 1. The van der Waals surface area contributed by atoms with Gasteiger partial charge in [-0.2, -0.15) is 0 Å². The fourth-order valence-electron chi connectivity index (χ4n) is 3.75. The second-order valence-electron chi connectivity index (χ2n) is 8.31. The molecule has 1 aromatic heterocycles. The average Bonchev–Trinajstić information content (AvgIpc) is 3.31. The molecular weight excluding hydrogens is 412 g/mol. The number of Topliss-reactive ketones (excluding diaryl/α,β-unsaturated/α-hetero) is 1. The molecule has 0 spiro atoms. The maximum absolute atomic E-state index is 13.0. The molecule has 6 nitrogen and oxygen atoms in total. The van der Waals surface area contributed by atoms with Crippen molar-refractivity contribution < 1.29 is 19.4 Å². The minimum Gasteiger partial charge on any atom is -0.507 e. The molecule has 1 fully saturated rings. The molecule has 1 saturated heterocycles. The van der Waals surface area contributed by atoms with Gasteiger partial charge in [-0.25, -0.2) is 0 Å². The molecule has 7 heteroatoms. The lowest BCUT2D eigenvalue weighted by atomic mass is 9.98. The number of carbonyl (C=O) groups excluding carboxylic acids is 2. The normalized spacial score (nSPS) is 18.4. The highest BCUT2D eigenvalue weighted by atomic mass is 32.1. The van der Waals surface area contributed by atoms with Crippen LogP contribution in [0.2, 0.25) is 0 Å². The zero-order valence-corrected chi connectivity index (χ0v) is 19.5. The minimum absolute atomic E-state index is 0.0319. The third-order valence-corrected chi connectivity index (χ3v) is 6.09. The number of amides is 1. The number of nitrogens with zero attached hydrogens (tertiary/aromatic N) is 2. The highest BCUT2D eigenvalue weighted by Crippen LogP contribution is 2.41. The van der Waals surface area contributed by atoms with Crippen molar-refractivity contribution in [2.24, 2.45) is 0 Å². The summed E-state index contributed by atoms with van der Waals surface area (Å²) in [5, 5.41) is 13.1. The predicted molar refractivity (Wildman–Crippen MR) is 123 cm³/mol. The first-order chi connectivity index (χ1) is 14.7. The van der Waals surface area contributed by atoms with Gasteiger partial charge in [0.2, 0.25) is 0 Å². The van der Waals surface area contributed by atoms with E-state index in [0.29, 0.717) is 12.1 Å². The van der Waals surface area contributed by atoms with Crippen molar-refractivity contribution in [3.63, 3.8) is 0 Å². The molecule has 1 aliphatic heterocycles. The number of rotatable bonds is 8. The largest absolute Gasteiger partial charge is 0.507 e. The Kier molecular flexibility index (Phi) is 7.18. The minimum atomic E-state index is -0.638. The van der Waals surface area contributed by atoms with Crippen LogP contribution in [0.5, 0.6) is 5.75 Å². The Labute approximate surface area is 187 Å². The van der Waals surface area contributed by atoms with Gasteiger partial charge in [0.25, 0.3) is 11.7 Å². The molecule has 0 saturated carbocycles. The van der Waals surface area contributed by atoms with E-state index in [9.17, 15) is 14.7 Å². The number of aliphatic hydroxyl groups is 1. The average molecular weight is 443 g/mol. The van der Waals surface area contributed by atoms with Crippen LogP contribution in [0, 0.1) is 6.92 Å². The van der Waals surface area contributed by atoms with Crippen LogP contribution < -0.4 is 4.74 Å². The SMILES string of the molecule is Cc1cc(/C(O)=C2/C(=O)C(=O)N(CCCN(C)C)C2c2cccs2)ccc1OC(C)C. The predicted octanol–water partition coefficient (Wildman–Crippen LogP) is 4.22. The Bertz CT molecular complexity index is 979. The number of thiophene rings is 1. The smallest absolute Gasteiger partial charge is 0.295 e. The number of ether oxygens (including phenoxy) is 1. The number of likely N-dealkylation sites (tertiary alicyclic amines) is 1. The lowest BCUT2D eigenvalue weighted by Gasteiger charge is -2.24. The molecule has 1 unspecified atom stereocenters. The Morgan fingerprint density at radius 1 is 1.26 bits per heavy atom. The molecule has 166 valence electrons. The van der Waals surface area contributed by atoms with E-state index in [-0.39, 0.29) is 17.4 Å². The van der Waals surface area contributed by atoms with Gasteiger partial charge in [0.15, 0.2) is 0 Å². The molecule has 1 N–H and O–H groups in total. The molecule has 0 aliphatic carbocycles. The van der Waals surface area contributed by atoms with Crippen LogP contribution in [0.1, 0.15) is 42.3 Å². The maximum atomic E-state index is 13.0. The number of aryl methyl sites for hydroxylation is 1. The van der Waals surface area contributed by atoms with Crippen LogP contribution >= 0.6 is 11.3 Å². The summed E-state index contributed by atoms with van der Waals surface area (Å²) in [5.41, 5.74) is 1.50. The number of ketones is 1. The molecule has 31 heavy (non-hydrogen) atoms. The highest BCUT2D eigenvalue weighted by molar-refractivity contribution is 7.10. The Balaban J connectivity index is 2.02. The second-order valence-corrected chi connectivity index (χ2v) is 9.29. The van der Waals surface area contributed by atoms with Crippen molar-refractivity contribution >= 4 is 28.8 Å². The molecule has 2 heterocycles. The number of hydrogen-bond acceptors (Lipinski definition) is 6. The number of benzene rings is 1. The number of hydrogen-bond donors (Lipinski definition) is 1. The van der Waals surface area contributed by atoms with Crippen LogP contribution in [-0.4, -0.2) is 59.9 Å². The topological polar surface area (TPSA) is 70.1 Å². The summed E-state index contributed by atoms with van der Waals surface area (Å²) in [7, 11) is 3.94. The number of carbonyl (C=O) groups is 2. The molecule has 1 atom stereocenters. The van der Waals surface area contributed by atoms with E-state index in [1.165, 1.54) is 11.3 Å². The van der Waals surface area contributed by atoms with Crippen LogP contribution in [0.3, 0.4) is 0 Å². The monoisotopic (exact) mass is 442 g/mol. The summed E-state index contributed by atoms with van der Waals surface area (Å²) in [5.74, 6) is -0.618. The van der Waals surface area contributed by atoms with Crippen LogP contribution in [0.25, 0.3) is 5.76 Å². The second kappa shape index (κ2) is 9.66. The van der Waals surface area contributed by atoms with E-state index in [1.54, 1.807) is 23.1 Å². The van der Waals surface area contributed by atoms with Gasteiger partial charge in [0.1, 0.15) is 11.5 Å². The molecule has 1 aromatic carbocycles. The first-order valence-corrected chi connectivity index (χ1v) is 11.3. The van der Waals surface area contributed by atoms with Gasteiger partial charge in [-0.15, -0.1) is 11.3 Å². The van der Waals surface area contributed by atoms with Crippen molar-refractivity contribution in [2.45, 2.75) is 39.3 Å². The summed E-state index contributed by atoms with van der Waals surface area (Å²) in [4.78, 5) is 30.4. The van der Waals surface area contributed by atoms with E-state index >= 15 is 0 Å². The van der Waals surface area contributed by atoms with Crippen molar-refractivity contribution in [1.82, 2.24) is 9.80 Å². The van der Waals surface area contributed by atoms with Gasteiger partial charge in [-0.3, -0.25) is 9.59 Å². The van der Waals surface area contributed by atoms with Crippen LogP contribution in [-0.2, 0) is 9.59 Å². The third kappa shape index (κ3) is 4.99. The molecular formula is C24H30N2O4S. The van der Waals surface area contributed by atoms with E-state index in [1.807, 2.05) is 57.3 Å². The van der Waals surface area contributed by atoms with Crippen LogP contribution in [0.15, 0.2) is 41.3 Å². The molecule has 1 amide bonds.